The van der Waals surface area contributed by atoms with E-state index in [2.05, 4.69) is 0 Å². The van der Waals surface area contributed by atoms with E-state index in [1.165, 1.54) is 353 Å². The van der Waals surface area contributed by atoms with Gasteiger partial charge in [0.1, 0.15) is 0 Å². The van der Waals surface area contributed by atoms with Gasteiger partial charge in [-0.15, -0.1) is 0 Å². The molecule has 0 spiro atoms. The Morgan fingerprint density at radius 2 is 0.200 bits per heavy atom. The molecule has 0 rings (SSSR count). The van der Waals surface area contributed by atoms with Crippen molar-refractivity contribution in [3.63, 3.8) is 0 Å². The molecule has 0 aliphatic rings. The molecule has 0 aromatic rings. The van der Waals surface area contributed by atoms with E-state index in [1.54, 1.807) is 0 Å². The largest absolute Gasteiger partial charge is 0.370 e. The molecule has 0 aliphatic heterocycles. The Labute approximate surface area is 410 Å². The highest BCUT2D eigenvalue weighted by Gasteiger charge is 2.01. The maximum atomic E-state index is 10.8. The van der Waals surface area contributed by atoms with Crippen molar-refractivity contribution < 1.29 is 9.59 Å². The van der Waals surface area contributed by atoms with E-state index < -0.39 is 0 Å². The SMILES string of the molecule is NC(=O)CCCCCCCCCCCCCCCCCCCCCCCCCCCCCCCCCCCCCCCCCCCCCCCCCCCCCCCCCCCC(N)=O. The summed E-state index contributed by atoms with van der Waals surface area (Å²) >= 11 is 0. The van der Waals surface area contributed by atoms with Crippen LogP contribution in [-0.4, -0.2) is 11.8 Å². The van der Waals surface area contributed by atoms with Gasteiger partial charge in [-0.25, -0.2) is 0 Å². The second kappa shape index (κ2) is 59.1. The number of carbonyl (C=O) groups is 2. The fraction of sp³-hybridized carbons (Fsp3) is 0.967. The lowest BCUT2D eigenvalue weighted by Crippen LogP contribution is -2.09. The Morgan fingerprint density at radius 3 is 0.262 bits per heavy atom. The number of amides is 2. The number of rotatable bonds is 60. The van der Waals surface area contributed by atoms with Gasteiger partial charge in [-0.05, 0) is 12.8 Å². The zero-order chi connectivity index (χ0) is 46.9. The second-order valence-corrected chi connectivity index (χ2v) is 21.6. The number of unbranched alkanes of at least 4 members (excludes halogenated alkanes) is 56. The second-order valence-electron chi connectivity index (χ2n) is 21.6. The predicted molar refractivity (Wildman–Crippen MR) is 291 cm³/mol. The van der Waals surface area contributed by atoms with E-state index in [0.29, 0.717) is 12.8 Å². The summed E-state index contributed by atoms with van der Waals surface area (Å²) in [6.45, 7) is 0. The van der Waals surface area contributed by atoms with Crippen molar-refractivity contribution in [2.24, 2.45) is 11.5 Å². The standard InChI is InChI=1S/C61H122N2O2/c62-60(64)58-56-54-52-50-48-46-44-42-40-38-36-34-32-30-28-26-24-22-20-18-16-14-12-10-8-6-4-2-1-3-5-7-9-11-13-15-17-19-21-23-25-27-29-31-33-35-37-39-41-43-45-47-49-51-53-55-57-59-61(63)65/h1-59H2,(H2,62,64)(H2,63,65). The van der Waals surface area contributed by atoms with Crippen LogP contribution < -0.4 is 11.5 Å². The highest BCUT2D eigenvalue weighted by molar-refractivity contribution is 5.73. The summed E-state index contributed by atoms with van der Waals surface area (Å²) < 4.78 is 0. The molecule has 0 atom stereocenters. The Hall–Kier alpha value is -1.06. The van der Waals surface area contributed by atoms with Crippen LogP contribution in [0.1, 0.15) is 379 Å². The quantitative estimate of drug-likeness (QED) is 0.0596. The first kappa shape index (κ1) is 63.9. The molecule has 4 N–H and O–H groups in total. The molecular formula is C61H122N2O2. The average molecular weight is 916 g/mol. The van der Waals surface area contributed by atoms with Crippen molar-refractivity contribution in [1.82, 2.24) is 0 Å². The molecule has 0 aromatic heterocycles. The van der Waals surface area contributed by atoms with E-state index in [1.807, 2.05) is 0 Å². The normalized spacial score (nSPS) is 11.6. The number of hydrogen-bond acceptors (Lipinski definition) is 2. The van der Waals surface area contributed by atoms with Crippen molar-refractivity contribution in [2.75, 3.05) is 0 Å². The molecule has 388 valence electrons. The summed E-state index contributed by atoms with van der Waals surface area (Å²) in [7, 11) is 0. The lowest BCUT2D eigenvalue weighted by molar-refractivity contribution is -0.119. The summed E-state index contributed by atoms with van der Waals surface area (Å²) in [5.41, 5.74) is 10.4. The van der Waals surface area contributed by atoms with Crippen LogP contribution in [0.2, 0.25) is 0 Å². The molecule has 2 amide bonds. The van der Waals surface area contributed by atoms with Crippen molar-refractivity contribution in [3.8, 4) is 0 Å². The fourth-order valence-electron chi connectivity index (χ4n) is 10.3. The molecule has 0 aliphatic carbocycles. The molecule has 0 bridgehead atoms. The number of primary amides is 2. The van der Waals surface area contributed by atoms with Crippen molar-refractivity contribution in [1.29, 1.82) is 0 Å². The number of nitrogens with two attached hydrogens (primary N) is 2. The highest BCUT2D eigenvalue weighted by atomic mass is 16.1. The van der Waals surface area contributed by atoms with Crippen LogP contribution >= 0.6 is 0 Å². The van der Waals surface area contributed by atoms with E-state index in [-0.39, 0.29) is 11.8 Å². The maximum absolute atomic E-state index is 10.8. The molecule has 0 unspecified atom stereocenters. The first-order chi connectivity index (χ1) is 32.1. The van der Waals surface area contributed by atoms with Gasteiger partial charge >= 0.3 is 0 Å². The molecule has 4 heteroatoms. The molecule has 65 heavy (non-hydrogen) atoms. The monoisotopic (exact) mass is 915 g/mol. The minimum Gasteiger partial charge on any atom is -0.370 e. The molecule has 0 heterocycles. The summed E-state index contributed by atoms with van der Waals surface area (Å²) in [4.78, 5) is 21.5. The zero-order valence-electron chi connectivity index (χ0n) is 44.7. The molecule has 4 nitrogen and oxygen atoms in total. The third-order valence-corrected chi connectivity index (χ3v) is 14.8. The summed E-state index contributed by atoms with van der Waals surface area (Å²) in [5.74, 6) is -0.295. The Morgan fingerprint density at radius 1 is 0.138 bits per heavy atom. The zero-order valence-corrected chi connectivity index (χ0v) is 44.7. The minimum atomic E-state index is -0.147. The molecular weight excluding hydrogens is 793 g/mol. The van der Waals surface area contributed by atoms with E-state index >= 15 is 0 Å². The van der Waals surface area contributed by atoms with Gasteiger partial charge in [-0.1, -0.05) is 353 Å². The minimum absolute atomic E-state index is 0.147. The third-order valence-electron chi connectivity index (χ3n) is 14.8. The Kier molecular flexibility index (Phi) is 58.1. The summed E-state index contributed by atoms with van der Waals surface area (Å²) in [6.07, 6.45) is 82.2. The first-order valence-electron chi connectivity index (χ1n) is 30.7. The van der Waals surface area contributed by atoms with Crippen LogP contribution in [0.3, 0.4) is 0 Å². The smallest absolute Gasteiger partial charge is 0.217 e. The van der Waals surface area contributed by atoms with Crippen LogP contribution in [0.15, 0.2) is 0 Å². The number of carbonyl (C=O) groups excluding carboxylic acids is 2. The van der Waals surface area contributed by atoms with Gasteiger partial charge in [-0.3, -0.25) is 9.59 Å². The molecule has 0 fully saturated rings. The van der Waals surface area contributed by atoms with Crippen molar-refractivity contribution in [3.05, 3.63) is 0 Å². The van der Waals surface area contributed by atoms with Crippen molar-refractivity contribution >= 4 is 11.8 Å². The average Bonchev–Trinajstić information content (AvgIpc) is 3.29. The summed E-state index contributed by atoms with van der Waals surface area (Å²) in [6, 6.07) is 0. The van der Waals surface area contributed by atoms with Crippen LogP contribution in [0.25, 0.3) is 0 Å². The van der Waals surface area contributed by atoms with Crippen LogP contribution in [0.5, 0.6) is 0 Å². The van der Waals surface area contributed by atoms with Gasteiger partial charge in [0.05, 0.1) is 0 Å². The summed E-state index contributed by atoms with van der Waals surface area (Å²) in [5, 5.41) is 0. The van der Waals surface area contributed by atoms with Crippen molar-refractivity contribution in [2.45, 2.75) is 379 Å². The fourth-order valence-corrected chi connectivity index (χ4v) is 10.3. The third kappa shape index (κ3) is 62.9. The maximum Gasteiger partial charge on any atom is 0.217 e. The molecule has 0 saturated carbocycles. The number of hydrogen-bond donors (Lipinski definition) is 2. The van der Waals surface area contributed by atoms with Crippen LogP contribution in [0, 0.1) is 0 Å². The predicted octanol–water partition coefficient (Wildman–Crippen LogP) is 21.0. The van der Waals surface area contributed by atoms with Gasteiger partial charge in [0, 0.05) is 12.8 Å². The van der Waals surface area contributed by atoms with Gasteiger partial charge in [0.15, 0.2) is 0 Å². The lowest BCUT2D eigenvalue weighted by atomic mass is 10.0. The first-order valence-corrected chi connectivity index (χ1v) is 30.7. The Balaban J connectivity index is 3.07. The molecule has 0 radical (unpaired) electrons. The van der Waals surface area contributed by atoms with E-state index in [9.17, 15) is 9.59 Å². The van der Waals surface area contributed by atoms with Gasteiger partial charge in [0.2, 0.25) is 11.8 Å². The van der Waals surface area contributed by atoms with Gasteiger partial charge < -0.3 is 11.5 Å². The molecule has 0 saturated heterocycles. The van der Waals surface area contributed by atoms with E-state index in [0.717, 1.165) is 12.8 Å². The van der Waals surface area contributed by atoms with Gasteiger partial charge in [-0.2, -0.15) is 0 Å². The Bertz CT molecular complexity index is 821. The van der Waals surface area contributed by atoms with E-state index in [4.69, 9.17) is 11.5 Å². The highest BCUT2D eigenvalue weighted by Crippen LogP contribution is 2.20. The molecule has 0 aromatic carbocycles. The van der Waals surface area contributed by atoms with Crippen LogP contribution in [0.4, 0.5) is 0 Å². The van der Waals surface area contributed by atoms with Crippen LogP contribution in [-0.2, 0) is 9.59 Å². The topological polar surface area (TPSA) is 86.2 Å². The van der Waals surface area contributed by atoms with Gasteiger partial charge in [0.25, 0.3) is 0 Å². The lowest BCUT2D eigenvalue weighted by Gasteiger charge is -2.05.